The number of hydrogen-bond donors (Lipinski definition) is 0. The number of carbonyl (C=O) groups excluding carboxylic acids is 1. The Labute approximate surface area is 113 Å². The lowest BCUT2D eigenvalue weighted by Crippen LogP contribution is -2.02. The molecular weight excluding hydrogens is 270 g/mol. The van der Waals surface area contributed by atoms with Crippen molar-refractivity contribution in [3.05, 3.63) is 58.3 Å². The minimum absolute atomic E-state index is 0.0359. The Morgan fingerprint density at radius 2 is 1.95 bits per heavy atom. The Morgan fingerprint density at radius 3 is 2.53 bits per heavy atom. The lowest BCUT2D eigenvalue weighted by atomic mass is 10.1. The van der Waals surface area contributed by atoms with E-state index in [4.69, 9.17) is 0 Å². The molecule has 2 aromatic rings. The summed E-state index contributed by atoms with van der Waals surface area (Å²) in [5.41, 5.74) is 0.425. The molecule has 0 bridgehead atoms. The molecule has 0 aliphatic heterocycles. The van der Waals surface area contributed by atoms with Crippen LogP contribution in [0.1, 0.15) is 15.2 Å². The monoisotopic (exact) mass is 280 g/mol. The van der Waals surface area contributed by atoms with Crippen molar-refractivity contribution in [1.29, 1.82) is 0 Å². The molecule has 0 unspecified atom stereocenters. The molecule has 98 valence electrons. The molecule has 0 spiro atoms. The summed E-state index contributed by atoms with van der Waals surface area (Å²) in [4.78, 5) is 12.8. The fourth-order valence-corrected chi connectivity index (χ4v) is 2.06. The summed E-state index contributed by atoms with van der Waals surface area (Å²) in [6.45, 7) is -2.86. The molecule has 0 aliphatic carbocycles. The Morgan fingerprint density at radius 1 is 1.21 bits per heavy atom. The van der Waals surface area contributed by atoms with Gasteiger partial charge in [-0.1, -0.05) is 6.07 Å². The zero-order valence-corrected chi connectivity index (χ0v) is 10.6. The van der Waals surface area contributed by atoms with Gasteiger partial charge in [0.2, 0.25) is 0 Å². The molecule has 1 aromatic carbocycles. The summed E-state index contributed by atoms with van der Waals surface area (Å²) in [5.74, 6) is -0.147. The van der Waals surface area contributed by atoms with Gasteiger partial charge in [0.15, 0.2) is 5.78 Å². The SMILES string of the molecule is O=C(/C=C/c1cccs1)c1ccc(OC(F)F)cc1. The maximum Gasteiger partial charge on any atom is 0.387 e. The van der Waals surface area contributed by atoms with E-state index in [1.54, 1.807) is 6.08 Å². The van der Waals surface area contributed by atoms with E-state index in [2.05, 4.69) is 4.74 Å². The molecule has 0 radical (unpaired) electrons. The van der Waals surface area contributed by atoms with Gasteiger partial charge in [-0.05, 0) is 47.9 Å². The van der Waals surface area contributed by atoms with Crippen LogP contribution in [0.15, 0.2) is 47.9 Å². The molecule has 1 aromatic heterocycles. The number of carbonyl (C=O) groups is 1. The molecule has 0 saturated carbocycles. The summed E-state index contributed by atoms with van der Waals surface area (Å²) >= 11 is 1.53. The number of ketones is 1. The number of allylic oxidation sites excluding steroid dienone is 1. The van der Waals surface area contributed by atoms with Gasteiger partial charge in [0, 0.05) is 10.4 Å². The van der Waals surface area contributed by atoms with E-state index in [1.807, 2.05) is 17.5 Å². The van der Waals surface area contributed by atoms with Crippen LogP contribution in [-0.4, -0.2) is 12.4 Å². The quantitative estimate of drug-likeness (QED) is 0.604. The smallest absolute Gasteiger partial charge is 0.387 e. The Kier molecular flexibility index (Phi) is 4.41. The van der Waals surface area contributed by atoms with Gasteiger partial charge in [-0.15, -0.1) is 11.3 Å². The number of benzene rings is 1. The van der Waals surface area contributed by atoms with Crippen LogP contribution in [0, 0.1) is 0 Å². The average molecular weight is 280 g/mol. The molecule has 19 heavy (non-hydrogen) atoms. The standard InChI is InChI=1S/C14H10F2O2S/c15-14(16)18-11-5-3-10(4-6-11)13(17)8-7-12-2-1-9-19-12/h1-9,14H/b8-7+. The average Bonchev–Trinajstić information content (AvgIpc) is 2.89. The number of rotatable bonds is 5. The van der Waals surface area contributed by atoms with Crippen molar-refractivity contribution < 1.29 is 18.3 Å². The summed E-state index contributed by atoms with van der Waals surface area (Å²) < 4.78 is 28.1. The molecule has 0 aliphatic rings. The van der Waals surface area contributed by atoms with Crippen LogP contribution in [0.2, 0.25) is 0 Å². The highest BCUT2D eigenvalue weighted by Gasteiger charge is 2.06. The Hall–Kier alpha value is -2.01. The molecule has 0 N–H and O–H groups in total. The van der Waals surface area contributed by atoms with Gasteiger partial charge in [-0.2, -0.15) is 8.78 Å². The molecule has 0 atom stereocenters. The van der Waals surface area contributed by atoms with E-state index in [9.17, 15) is 13.6 Å². The van der Waals surface area contributed by atoms with Crippen LogP contribution >= 0.6 is 11.3 Å². The number of hydrogen-bond acceptors (Lipinski definition) is 3. The highest BCUT2D eigenvalue weighted by atomic mass is 32.1. The zero-order chi connectivity index (χ0) is 13.7. The highest BCUT2D eigenvalue weighted by molar-refractivity contribution is 7.10. The van der Waals surface area contributed by atoms with Gasteiger partial charge in [-0.25, -0.2) is 0 Å². The lowest BCUT2D eigenvalue weighted by Gasteiger charge is -2.04. The molecule has 0 saturated heterocycles. The second kappa shape index (κ2) is 6.24. The largest absolute Gasteiger partial charge is 0.435 e. The molecule has 0 amide bonds. The fourth-order valence-electron chi connectivity index (χ4n) is 1.44. The van der Waals surface area contributed by atoms with Crippen LogP contribution in [0.4, 0.5) is 8.78 Å². The molecule has 0 fully saturated rings. The predicted octanol–water partition coefficient (Wildman–Crippen LogP) is 4.25. The normalized spacial score (nSPS) is 11.1. The first-order valence-corrected chi connectivity index (χ1v) is 6.34. The third kappa shape index (κ3) is 3.99. The van der Waals surface area contributed by atoms with Gasteiger partial charge in [0.05, 0.1) is 0 Å². The third-order valence-corrected chi connectivity index (χ3v) is 3.14. The number of halogens is 2. The van der Waals surface area contributed by atoms with E-state index >= 15 is 0 Å². The van der Waals surface area contributed by atoms with E-state index in [0.717, 1.165) is 4.88 Å². The van der Waals surface area contributed by atoms with Crippen LogP contribution in [-0.2, 0) is 0 Å². The first-order valence-electron chi connectivity index (χ1n) is 5.46. The molecule has 2 nitrogen and oxygen atoms in total. The predicted molar refractivity (Wildman–Crippen MR) is 70.8 cm³/mol. The first kappa shape index (κ1) is 13.4. The minimum atomic E-state index is -2.86. The third-order valence-electron chi connectivity index (χ3n) is 2.31. The van der Waals surface area contributed by atoms with Gasteiger partial charge in [0.25, 0.3) is 0 Å². The molecule has 2 rings (SSSR count). The van der Waals surface area contributed by atoms with Crippen molar-refractivity contribution in [1.82, 2.24) is 0 Å². The van der Waals surface area contributed by atoms with Crippen LogP contribution in [0.3, 0.4) is 0 Å². The second-order valence-corrected chi connectivity index (χ2v) is 4.60. The van der Waals surface area contributed by atoms with E-state index in [-0.39, 0.29) is 11.5 Å². The second-order valence-electron chi connectivity index (χ2n) is 3.62. The van der Waals surface area contributed by atoms with Crippen molar-refractivity contribution in [2.75, 3.05) is 0 Å². The molecular formula is C14H10F2O2S. The molecule has 5 heteroatoms. The summed E-state index contributed by atoms with van der Waals surface area (Å²) in [5, 5.41) is 1.92. The lowest BCUT2D eigenvalue weighted by molar-refractivity contribution is -0.0498. The van der Waals surface area contributed by atoms with Crippen LogP contribution in [0.25, 0.3) is 6.08 Å². The summed E-state index contributed by atoms with van der Waals surface area (Å²) in [7, 11) is 0. The van der Waals surface area contributed by atoms with E-state index < -0.39 is 6.61 Å². The van der Waals surface area contributed by atoms with Crippen molar-refractivity contribution in [3.63, 3.8) is 0 Å². The minimum Gasteiger partial charge on any atom is -0.435 e. The maximum absolute atomic E-state index is 12.0. The summed E-state index contributed by atoms with van der Waals surface area (Å²) in [6, 6.07) is 9.40. The first-order chi connectivity index (χ1) is 9.15. The molecule has 1 heterocycles. The fraction of sp³-hybridized carbons (Fsp3) is 0.0714. The van der Waals surface area contributed by atoms with Gasteiger partial charge in [-0.3, -0.25) is 4.79 Å². The van der Waals surface area contributed by atoms with Crippen molar-refractivity contribution in [2.24, 2.45) is 0 Å². The van der Waals surface area contributed by atoms with Crippen molar-refractivity contribution >= 4 is 23.2 Å². The zero-order valence-electron chi connectivity index (χ0n) is 9.75. The van der Waals surface area contributed by atoms with Crippen molar-refractivity contribution in [3.8, 4) is 5.75 Å². The number of thiophene rings is 1. The summed E-state index contributed by atoms with van der Waals surface area (Å²) in [6.07, 6.45) is 3.17. The topological polar surface area (TPSA) is 26.3 Å². The Balaban J connectivity index is 2.03. The van der Waals surface area contributed by atoms with Gasteiger partial charge in [0.1, 0.15) is 5.75 Å². The van der Waals surface area contributed by atoms with Gasteiger partial charge >= 0.3 is 6.61 Å². The number of ether oxygens (including phenoxy) is 1. The van der Waals surface area contributed by atoms with Crippen molar-refractivity contribution in [2.45, 2.75) is 6.61 Å². The van der Waals surface area contributed by atoms with E-state index in [0.29, 0.717) is 5.56 Å². The maximum atomic E-state index is 12.0. The van der Waals surface area contributed by atoms with Gasteiger partial charge < -0.3 is 4.74 Å². The number of alkyl halides is 2. The Bertz CT molecular complexity index is 560. The highest BCUT2D eigenvalue weighted by Crippen LogP contribution is 2.16. The van der Waals surface area contributed by atoms with E-state index in [1.165, 1.54) is 41.7 Å². The van der Waals surface area contributed by atoms with Crippen LogP contribution in [0.5, 0.6) is 5.75 Å². The van der Waals surface area contributed by atoms with Crippen LogP contribution < -0.4 is 4.74 Å².